The van der Waals surface area contributed by atoms with E-state index < -0.39 is 11.6 Å². The molecule has 0 spiro atoms. The van der Waals surface area contributed by atoms with Gasteiger partial charge in [-0.2, -0.15) is 0 Å². The van der Waals surface area contributed by atoms with Crippen LogP contribution in [-0.4, -0.2) is 49.8 Å². The van der Waals surface area contributed by atoms with E-state index in [4.69, 9.17) is 9.72 Å². The summed E-state index contributed by atoms with van der Waals surface area (Å²) in [7, 11) is 0. The van der Waals surface area contributed by atoms with Crippen molar-refractivity contribution in [3.8, 4) is 11.4 Å². The van der Waals surface area contributed by atoms with Gasteiger partial charge in [-0.25, -0.2) is 14.2 Å². The molecule has 9 heteroatoms. The maximum atomic E-state index is 14.7. The standard InChI is InChI=1S/C29H32FN3O5/c1-4-29(37)22-10-25-26-20(13-33(25)27(35)21(22)14-38-28(29)36)19(12-32-7-5-17(6-8-32)16(3)34)18-9-15(2)23(30)11-24(18)31-26/h9-11,16-17,34,37H,4-8,12-14H2,1-3H3/t16-,29-/m0/s1. The van der Waals surface area contributed by atoms with Crippen LogP contribution in [0.15, 0.2) is 23.0 Å². The summed E-state index contributed by atoms with van der Waals surface area (Å²) in [6.07, 6.45) is 1.52. The van der Waals surface area contributed by atoms with Crippen LogP contribution in [0, 0.1) is 18.7 Å². The van der Waals surface area contributed by atoms with Gasteiger partial charge in [0, 0.05) is 29.1 Å². The number of carbonyl (C=O) groups excluding carboxylic acids is 1. The van der Waals surface area contributed by atoms with Gasteiger partial charge in [-0.3, -0.25) is 9.69 Å². The second-order valence-corrected chi connectivity index (χ2v) is 11.0. The molecular formula is C29H32FN3O5. The number of benzene rings is 1. The Morgan fingerprint density at radius 2 is 1.95 bits per heavy atom. The van der Waals surface area contributed by atoms with Gasteiger partial charge in [0.25, 0.3) is 5.56 Å². The number of piperidine rings is 1. The van der Waals surface area contributed by atoms with Gasteiger partial charge in [0.2, 0.25) is 0 Å². The van der Waals surface area contributed by atoms with Gasteiger partial charge >= 0.3 is 5.97 Å². The van der Waals surface area contributed by atoms with E-state index in [9.17, 15) is 24.2 Å². The molecule has 0 radical (unpaired) electrons. The summed E-state index contributed by atoms with van der Waals surface area (Å²) >= 11 is 0. The van der Waals surface area contributed by atoms with Crippen molar-refractivity contribution in [2.75, 3.05) is 13.1 Å². The van der Waals surface area contributed by atoms with Crippen LogP contribution in [0.1, 0.15) is 60.9 Å². The summed E-state index contributed by atoms with van der Waals surface area (Å²) in [4.78, 5) is 33.3. The fourth-order valence-corrected chi connectivity index (χ4v) is 6.29. The summed E-state index contributed by atoms with van der Waals surface area (Å²) in [5.41, 5.74) is 2.35. The van der Waals surface area contributed by atoms with Crippen molar-refractivity contribution in [3.05, 3.63) is 62.2 Å². The minimum absolute atomic E-state index is 0.0673. The normalized spacial score (nSPS) is 22.2. The fraction of sp³-hybridized carbons (Fsp3) is 0.483. The summed E-state index contributed by atoms with van der Waals surface area (Å²) < 4.78 is 21.5. The zero-order valence-corrected chi connectivity index (χ0v) is 21.9. The monoisotopic (exact) mass is 521 g/mol. The van der Waals surface area contributed by atoms with Crippen LogP contribution in [0.3, 0.4) is 0 Å². The molecule has 6 rings (SSSR count). The van der Waals surface area contributed by atoms with E-state index in [1.807, 2.05) is 13.0 Å². The number of fused-ring (bicyclic) bond motifs is 5. The lowest BCUT2D eigenvalue weighted by Gasteiger charge is -2.33. The van der Waals surface area contributed by atoms with Crippen molar-refractivity contribution in [3.63, 3.8) is 0 Å². The van der Waals surface area contributed by atoms with E-state index in [0.717, 1.165) is 42.4 Å². The predicted octanol–water partition coefficient (Wildman–Crippen LogP) is 3.12. The molecule has 38 heavy (non-hydrogen) atoms. The van der Waals surface area contributed by atoms with Crippen molar-refractivity contribution < 1.29 is 24.1 Å². The molecule has 200 valence electrons. The number of hydrogen-bond donors (Lipinski definition) is 2. The second kappa shape index (κ2) is 8.97. The zero-order chi connectivity index (χ0) is 26.9. The van der Waals surface area contributed by atoms with Crippen LogP contribution >= 0.6 is 0 Å². The molecule has 0 bridgehead atoms. The van der Waals surface area contributed by atoms with E-state index in [-0.39, 0.29) is 47.6 Å². The third kappa shape index (κ3) is 3.71. The Bertz CT molecular complexity index is 1540. The van der Waals surface area contributed by atoms with Gasteiger partial charge in [-0.05, 0) is 75.4 Å². The molecule has 1 fully saturated rings. The molecule has 3 aliphatic heterocycles. The number of aromatic nitrogens is 2. The summed E-state index contributed by atoms with van der Waals surface area (Å²) in [5.74, 6) is -0.836. The first-order valence-corrected chi connectivity index (χ1v) is 13.3. The number of esters is 1. The molecule has 5 heterocycles. The number of rotatable bonds is 4. The van der Waals surface area contributed by atoms with Crippen LogP contribution in [0.4, 0.5) is 4.39 Å². The maximum absolute atomic E-state index is 14.7. The number of aliphatic hydroxyl groups is 2. The molecule has 0 aliphatic carbocycles. The highest BCUT2D eigenvalue weighted by Crippen LogP contribution is 2.41. The second-order valence-electron chi connectivity index (χ2n) is 11.0. The number of likely N-dealkylation sites (tertiary alicyclic amines) is 1. The predicted molar refractivity (Wildman–Crippen MR) is 139 cm³/mol. The molecule has 0 saturated carbocycles. The Hall–Kier alpha value is -3.14. The third-order valence-electron chi connectivity index (χ3n) is 8.78. The quantitative estimate of drug-likeness (QED) is 0.398. The fourth-order valence-electron chi connectivity index (χ4n) is 6.29. The number of cyclic esters (lactones) is 1. The lowest BCUT2D eigenvalue weighted by Crippen LogP contribution is -2.44. The van der Waals surface area contributed by atoms with Gasteiger partial charge in [-0.1, -0.05) is 6.92 Å². The molecule has 3 aliphatic rings. The average Bonchev–Trinajstić information content (AvgIpc) is 3.26. The van der Waals surface area contributed by atoms with Crippen LogP contribution in [-0.2, 0) is 34.8 Å². The highest BCUT2D eigenvalue weighted by Gasteiger charge is 2.45. The first-order valence-electron chi connectivity index (χ1n) is 13.3. The lowest BCUT2D eigenvalue weighted by atomic mass is 9.86. The summed E-state index contributed by atoms with van der Waals surface area (Å²) in [6, 6.07) is 4.95. The first-order chi connectivity index (χ1) is 18.1. The minimum atomic E-state index is -1.90. The summed E-state index contributed by atoms with van der Waals surface area (Å²) in [6.45, 7) is 7.64. The number of carbonyl (C=O) groups is 1. The van der Waals surface area contributed by atoms with Gasteiger partial charge in [0.15, 0.2) is 5.60 Å². The average molecular weight is 522 g/mol. The first kappa shape index (κ1) is 25.2. The number of nitrogens with zero attached hydrogens (tertiary/aromatic N) is 3. The van der Waals surface area contributed by atoms with Crippen molar-refractivity contribution in [2.45, 2.75) is 71.4 Å². The zero-order valence-electron chi connectivity index (χ0n) is 21.9. The molecule has 2 N–H and O–H groups in total. The van der Waals surface area contributed by atoms with Gasteiger partial charge in [0.05, 0.1) is 35.1 Å². The van der Waals surface area contributed by atoms with E-state index in [2.05, 4.69) is 4.90 Å². The molecule has 0 unspecified atom stereocenters. The van der Waals surface area contributed by atoms with Crippen molar-refractivity contribution >= 4 is 16.9 Å². The Morgan fingerprint density at radius 1 is 1.21 bits per heavy atom. The Balaban J connectivity index is 1.51. The van der Waals surface area contributed by atoms with E-state index in [1.165, 1.54) is 6.07 Å². The van der Waals surface area contributed by atoms with Crippen molar-refractivity contribution in [1.82, 2.24) is 14.5 Å². The Kier molecular flexibility index (Phi) is 5.93. The Morgan fingerprint density at radius 3 is 2.63 bits per heavy atom. The van der Waals surface area contributed by atoms with Gasteiger partial charge in [-0.15, -0.1) is 0 Å². The van der Waals surface area contributed by atoms with Crippen LogP contribution in [0.2, 0.25) is 0 Å². The molecule has 2 atom stereocenters. The van der Waals surface area contributed by atoms with E-state index >= 15 is 0 Å². The van der Waals surface area contributed by atoms with Crippen molar-refractivity contribution in [2.24, 2.45) is 5.92 Å². The highest BCUT2D eigenvalue weighted by molar-refractivity contribution is 5.89. The molecular weight excluding hydrogens is 489 g/mol. The number of aliphatic hydroxyl groups excluding tert-OH is 1. The van der Waals surface area contributed by atoms with Crippen LogP contribution in [0.25, 0.3) is 22.3 Å². The number of halogens is 1. The molecule has 0 amide bonds. The molecule has 8 nitrogen and oxygen atoms in total. The number of aryl methyl sites for hydroxylation is 1. The summed E-state index contributed by atoms with van der Waals surface area (Å²) in [5, 5.41) is 22.0. The van der Waals surface area contributed by atoms with Crippen LogP contribution < -0.4 is 5.56 Å². The van der Waals surface area contributed by atoms with E-state index in [0.29, 0.717) is 35.6 Å². The molecule has 1 aromatic carbocycles. The number of pyridine rings is 2. The highest BCUT2D eigenvalue weighted by atomic mass is 19.1. The minimum Gasteiger partial charge on any atom is -0.458 e. The molecule has 1 saturated heterocycles. The molecule has 3 aromatic rings. The number of hydrogen-bond acceptors (Lipinski definition) is 7. The lowest BCUT2D eigenvalue weighted by molar-refractivity contribution is -0.172. The van der Waals surface area contributed by atoms with E-state index in [1.54, 1.807) is 24.5 Å². The van der Waals surface area contributed by atoms with Crippen LogP contribution in [0.5, 0.6) is 0 Å². The SMILES string of the molecule is CC[C@@]1(O)C(=O)OCc2c1cc1n(c2=O)Cc2c-1nc1cc(F)c(C)cc1c2CN1CCC([C@H](C)O)CC1. The topological polar surface area (TPSA) is 105 Å². The molecule has 2 aromatic heterocycles. The smallest absolute Gasteiger partial charge is 0.343 e. The largest absolute Gasteiger partial charge is 0.458 e. The van der Waals surface area contributed by atoms with Crippen molar-refractivity contribution in [1.29, 1.82) is 0 Å². The Labute approximate surface area is 219 Å². The third-order valence-corrected chi connectivity index (χ3v) is 8.78. The van der Waals surface area contributed by atoms with Gasteiger partial charge in [0.1, 0.15) is 12.4 Å². The number of ether oxygens (including phenoxy) is 1. The van der Waals surface area contributed by atoms with Gasteiger partial charge < -0.3 is 19.5 Å². The maximum Gasteiger partial charge on any atom is 0.343 e.